The van der Waals surface area contributed by atoms with Crippen LogP contribution >= 0.6 is 0 Å². The Bertz CT molecular complexity index is 1190. The molecule has 3 aromatic carbocycles. The summed E-state index contributed by atoms with van der Waals surface area (Å²) in [4.78, 5) is 2.10. The second-order valence-electron chi connectivity index (χ2n) is 7.89. The van der Waals surface area contributed by atoms with Gasteiger partial charge in [-0.25, -0.2) is 9.07 Å². The Kier molecular flexibility index (Phi) is 7.02. The molecule has 9 heteroatoms. The Hall–Kier alpha value is -3.59. The molecule has 0 bridgehead atoms. The van der Waals surface area contributed by atoms with Gasteiger partial charge in [0, 0.05) is 6.54 Å². The van der Waals surface area contributed by atoms with Crippen molar-refractivity contribution < 1.29 is 17.6 Å². The largest absolute Gasteiger partial charge is 0.416 e. The summed E-state index contributed by atoms with van der Waals surface area (Å²) in [6.45, 7) is 3.42. The number of alkyl halides is 3. The Balaban J connectivity index is 1.73. The van der Waals surface area contributed by atoms with Gasteiger partial charge in [0.25, 0.3) is 0 Å². The molecule has 0 aliphatic heterocycles. The summed E-state index contributed by atoms with van der Waals surface area (Å²) in [5.41, 5.74) is 1.78. The molecule has 0 aliphatic rings. The van der Waals surface area contributed by atoms with E-state index in [4.69, 9.17) is 0 Å². The third kappa shape index (κ3) is 5.48. The predicted molar refractivity (Wildman–Crippen MR) is 119 cm³/mol. The first kappa shape index (κ1) is 23.6. The molecule has 0 N–H and O–H groups in total. The number of halogens is 4. The van der Waals surface area contributed by atoms with Crippen LogP contribution in [0.25, 0.3) is 0 Å². The highest BCUT2D eigenvalue weighted by atomic mass is 19.4. The maximum absolute atomic E-state index is 13.3. The van der Waals surface area contributed by atoms with E-state index in [1.54, 1.807) is 16.8 Å². The smallest absolute Gasteiger partial charge is 0.286 e. The molecule has 0 unspecified atom stereocenters. The van der Waals surface area contributed by atoms with E-state index in [1.165, 1.54) is 24.3 Å². The summed E-state index contributed by atoms with van der Waals surface area (Å²) in [7, 11) is 0. The fraction of sp³-hybridized carbons (Fsp3) is 0.240. The average molecular weight is 469 g/mol. The predicted octanol–water partition coefficient (Wildman–Crippen LogP) is 5.49. The SMILES string of the molecule is CCN(Cc1ccccc1)[C@H](c1ccc(C(F)(F)F)cc1)c1nnnn1Cc1ccc(F)cc1. The molecule has 176 valence electrons. The van der Waals surface area contributed by atoms with Gasteiger partial charge in [0.15, 0.2) is 5.82 Å². The monoisotopic (exact) mass is 469 g/mol. The lowest BCUT2D eigenvalue weighted by molar-refractivity contribution is -0.137. The summed E-state index contributed by atoms with van der Waals surface area (Å²) in [5.74, 6) is 0.144. The van der Waals surface area contributed by atoms with Crippen molar-refractivity contribution >= 4 is 0 Å². The lowest BCUT2D eigenvalue weighted by Crippen LogP contribution is -2.31. The van der Waals surface area contributed by atoms with Gasteiger partial charge in [0.05, 0.1) is 18.2 Å². The maximum atomic E-state index is 13.3. The molecule has 0 saturated heterocycles. The van der Waals surface area contributed by atoms with Crippen molar-refractivity contribution in [1.29, 1.82) is 0 Å². The summed E-state index contributed by atoms with van der Waals surface area (Å²) >= 11 is 0. The zero-order valence-electron chi connectivity index (χ0n) is 18.5. The molecule has 4 rings (SSSR count). The quantitative estimate of drug-likeness (QED) is 0.320. The average Bonchev–Trinajstić information content (AvgIpc) is 3.28. The molecule has 1 atom stereocenters. The highest BCUT2D eigenvalue weighted by molar-refractivity contribution is 5.31. The van der Waals surface area contributed by atoms with E-state index in [0.717, 1.165) is 23.3 Å². The van der Waals surface area contributed by atoms with E-state index in [9.17, 15) is 17.6 Å². The number of benzene rings is 3. The minimum Gasteiger partial charge on any atom is -0.286 e. The third-order valence-electron chi connectivity index (χ3n) is 5.60. The van der Waals surface area contributed by atoms with Crippen LogP contribution in [-0.2, 0) is 19.3 Å². The van der Waals surface area contributed by atoms with Crippen LogP contribution in [0.15, 0.2) is 78.9 Å². The minimum atomic E-state index is -4.42. The Labute approximate surface area is 194 Å². The van der Waals surface area contributed by atoms with Crippen LogP contribution in [0.2, 0.25) is 0 Å². The van der Waals surface area contributed by atoms with Gasteiger partial charge in [0.1, 0.15) is 5.82 Å². The molecule has 34 heavy (non-hydrogen) atoms. The highest BCUT2D eigenvalue weighted by Crippen LogP contribution is 2.33. The van der Waals surface area contributed by atoms with Crippen molar-refractivity contribution in [3.05, 3.63) is 113 Å². The van der Waals surface area contributed by atoms with Gasteiger partial charge in [-0.1, -0.05) is 61.5 Å². The Morgan fingerprint density at radius 2 is 1.56 bits per heavy atom. The standard InChI is InChI=1S/C25H23F4N5/c1-2-33(16-18-6-4-3-5-7-18)23(20-10-12-21(13-11-20)25(27,28)29)24-30-31-32-34(24)17-19-8-14-22(26)15-9-19/h3-15,23H,2,16-17H2,1H3/t23-/m1/s1. The normalized spacial score (nSPS) is 12.8. The molecule has 0 fully saturated rings. The summed E-state index contributed by atoms with van der Waals surface area (Å²) in [6, 6.07) is 20.4. The number of hydrogen-bond donors (Lipinski definition) is 0. The van der Waals surface area contributed by atoms with Gasteiger partial charge in [-0.05, 0) is 57.9 Å². The van der Waals surface area contributed by atoms with Crippen LogP contribution in [0.3, 0.4) is 0 Å². The van der Waals surface area contributed by atoms with Gasteiger partial charge >= 0.3 is 6.18 Å². The molecule has 5 nitrogen and oxygen atoms in total. The van der Waals surface area contributed by atoms with Crippen molar-refractivity contribution in [2.24, 2.45) is 0 Å². The number of nitrogens with zero attached hydrogens (tertiary/aromatic N) is 5. The number of hydrogen-bond acceptors (Lipinski definition) is 4. The van der Waals surface area contributed by atoms with Crippen LogP contribution in [-0.4, -0.2) is 31.7 Å². The summed E-state index contributed by atoms with van der Waals surface area (Å²) in [5, 5.41) is 12.2. The van der Waals surface area contributed by atoms with E-state index >= 15 is 0 Å². The Morgan fingerprint density at radius 3 is 2.18 bits per heavy atom. The molecule has 0 aliphatic carbocycles. The second-order valence-corrected chi connectivity index (χ2v) is 7.89. The van der Waals surface area contributed by atoms with Crippen LogP contribution in [0.4, 0.5) is 17.6 Å². The highest BCUT2D eigenvalue weighted by Gasteiger charge is 2.32. The molecular formula is C25H23F4N5. The number of aromatic nitrogens is 4. The zero-order chi connectivity index (χ0) is 24.1. The van der Waals surface area contributed by atoms with Crippen molar-refractivity contribution in [3.63, 3.8) is 0 Å². The van der Waals surface area contributed by atoms with E-state index in [-0.39, 0.29) is 5.82 Å². The van der Waals surface area contributed by atoms with Crippen molar-refractivity contribution in [2.45, 2.75) is 32.2 Å². The van der Waals surface area contributed by atoms with E-state index in [2.05, 4.69) is 20.4 Å². The third-order valence-corrected chi connectivity index (χ3v) is 5.60. The van der Waals surface area contributed by atoms with E-state index in [0.29, 0.717) is 31.0 Å². The van der Waals surface area contributed by atoms with Crippen molar-refractivity contribution in [1.82, 2.24) is 25.1 Å². The molecule has 1 heterocycles. The summed E-state index contributed by atoms with van der Waals surface area (Å²) in [6.07, 6.45) is -4.42. The van der Waals surface area contributed by atoms with Gasteiger partial charge in [-0.15, -0.1) is 5.10 Å². The molecule has 0 radical (unpaired) electrons. The summed E-state index contributed by atoms with van der Waals surface area (Å²) < 4.78 is 54.4. The lowest BCUT2D eigenvalue weighted by atomic mass is 10.0. The fourth-order valence-corrected chi connectivity index (χ4v) is 3.86. The number of tetrazole rings is 1. The van der Waals surface area contributed by atoms with Gasteiger partial charge in [0.2, 0.25) is 0 Å². The molecule has 0 amide bonds. The zero-order valence-corrected chi connectivity index (χ0v) is 18.5. The molecule has 0 saturated carbocycles. The first-order valence-electron chi connectivity index (χ1n) is 10.8. The molecule has 4 aromatic rings. The van der Waals surface area contributed by atoms with Crippen LogP contribution in [0.1, 0.15) is 41.0 Å². The van der Waals surface area contributed by atoms with Crippen LogP contribution in [0.5, 0.6) is 0 Å². The Morgan fingerprint density at radius 1 is 0.882 bits per heavy atom. The van der Waals surface area contributed by atoms with Gasteiger partial charge in [-0.3, -0.25) is 4.90 Å². The second kappa shape index (κ2) is 10.1. The van der Waals surface area contributed by atoms with Gasteiger partial charge in [-0.2, -0.15) is 13.2 Å². The topological polar surface area (TPSA) is 46.8 Å². The van der Waals surface area contributed by atoms with Crippen molar-refractivity contribution in [3.8, 4) is 0 Å². The molecular weight excluding hydrogens is 446 g/mol. The lowest BCUT2D eigenvalue weighted by Gasteiger charge is -2.30. The molecule has 1 aromatic heterocycles. The fourth-order valence-electron chi connectivity index (χ4n) is 3.86. The van der Waals surface area contributed by atoms with Crippen LogP contribution < -0.4 is 0 Å². The van der Waals surface area contributed by atoms with Gasteiger partial charge < -0.3 is 0 Å². The maximum Gasteiger partial charge on any atom is 0.416 e. The van der Waals surface area contributed by atoms with E-state index < -0.39 is 17.8 Å². The van der Waals surface area contributed by atoms with E-state index in [1.807, 2.05) is 37.3 Å². The molecule has 0 spiro atoms. The first-order chi connectivity index (χ1) is 16.3. The van der Waals surface area contributed by atoms with Crippen molar-refractivity contribution in [2.75, 3.05) is 6.54 Å². The number of rotatable bonds is 8. The first-order valence-corrected chi connectivity index (χ1v) is 10.8. The minimum absolute atomic E-state index is 0.294. The van der Waals surface area contributed by atoms with Crippen LogP contribution in [0, 0.1) is 5.82 Å².